The molecule has 1 aromatic rings. The molecular weight excluding hydrogens is 224 g/mol. The summed E-state index contributed by atoms with van der Waals surface area (Å²) in [6.45, 7) is 4.44. The van der Waals surface area contributed by atoms with E-state index >= 15 is 0 Å². The van der Waals surface area contributed by atoms with E-state index in [4.69, 9.17) is 4.74 Å². The maximum atomic E-state index is 9.61. The molecule has 1 aromatic carbocycles. The molecule has 0 atom stereocenters. The molecule has 18 heavy (non-hydrogen) atoms. The Morgan fingerprint density at radius 1 is 1.17 bits per heavy atom. The van der Waals surface area contributed by atoms with Crippen molar-refractivity contribution in [1.82, 2.24) is 0 Å². The van der Waals surface area contributed by atoms with Gasteiger partial charge in [0.15, 0.2) is 0 Å². The lowest BCUT2D eigenvalue weighted by molar-refractivity contribution is 0.122. The number of rotatable bonds is 3. The van der Waals surface area contributed by atoms with Gasteiger partial charge in [0.1, 0.15) is 5.75 Å². The van der Waals surface area contributed by atoms with Gasteiger partial charge in [-0.05, 0) is 54.7 Å². The lowest BCUT2D eigenvalue weighted by Crippen LogP contribution is -2.17. The molecule has 0 bridgehead atoms. The van der Waals surface area contributed by atoms with Crippen LogP contribution in [0.2, 0.25) is 0 Å². The molecule has 2 nitrogen and oxygen atoms in total. The lowest BCUT2D eigenvalue weighted by atomic mass is 9.81. The molecule has 0 amide bonds. The zero-order chi connectivity index (χ0) is 13.1. The number of aliphatic hydroxyl groups is 1. The van der Waals surface area contributed by atoms with E-state index in [1.165, 1.54) is 11.1 Å². The Morgan fingerprint density at radius 2 is 1.83 bits per heavy atom. The standard InChI is InChI=1S/C16H24O2/c1-11(2)13-6-9-16(18-3)15(10-13)12-4-7-14(17)8-5-12/h6,9-12,14,17H,4-5,7-8H2,1-3H3. The fourth-order valence-corrected chi connectivity index (χ4v) is 2.82. The average Bonchev–Trinajstić information content (AvgIpc) is 2.39. The van der Waals surface area contributed by atoms with Crippen LogP contribution < -0.4 is 4.74 Å². The first kappa shape index (κ1) is 13.4. The fraction of sp³-hybridized carbons (Fsp3) is 0.625. The quantitative estimate of drug-likeness (QED) is 0.880. The number of hydrogen-bond acceptors (Lipinski definition) is 2. The van der Waals surface area contributed by atoms with E-state index in [1.54, 1.807) is 7.11 Å². The minimum absolute atomic E-state index is 0.0967. The molecule has 2 heteroatoms. The molecule has 100 valence electrons. The van der Waals surface area contributed by atoms with Crippen molar-refractivity contribution >= 4 is 0 Å². The Hall–Kier alpha value is -1.02. The summed E-state index contributed by atoms with van der Waals surface area (Å²) in [5, 5.41) is 9.61. The number of methoxy groups -OCH3 is 1. The third-order valence-corrected chi connectivity index (χ3v) is 4.06. The predicted molar refractivity (Wildman–Crippen MR) is 74.3 cm³/mol. The first-order valence-electron chi connectivity index (χ1n) is 6.97. The topological polar surface area (TPSA) is 29.5 Å². The number of benzene rings is 1. The summed E-state index contributed by atoms with van der Waals surface area (Å²) in [5.41, 5.74) is 2.70. The van der Waals surface area contributed by atoms with E-state index in [-0.39, 0.29) is 6.10 Å². The van der Waals surface area contributed by atoms with Gasteiger partial charge in [0.25, 0.3) is 0 Å². The second-order valence-electron chi connectivity index (χ2n) is 5.66. The third kappa shape index (κ3) is 2.86. The van der Waals surface area contributed by atoms with Crippen LogP contribution in [-0.2, 0) is 0 Å². The second kappa shape index (κ2) is 5.75. The van der Waals surface area contributed by atoms with Crippen molar-refractivity contribution in [2.45, 2.75) is 57.5 Å². The van der Waals surface area contributed by atoms with Crippen LogP contribution in [0.4, 0.5) is 0 Å². The Balaban J connectivity index is 2.26. The van der Waals surface area contributed by atoms with Gasteiger partial charge >= 0.3 is 0 Å². The van der Waals surface area contributed by atoms with E-state index in [0.29, 0.717) is 11.8 Å². The molecule has 0 aliphatic heterocycles. The molecule has 1 saturated carbocycles. The molecule has 1 fully saturated rings. The van der Waals surface area contributed by atoms with E-state index in [0.717, 1.165) is 31.4 Å². The molecule has 0 aromatic heterocycles. The Bertz CT molecular complexity index is 390. The van der Waals surface area contributed by atoms with Gasteiger partial charge in [-0.15, -0.1) is 0 Å². The summed E-state index contributed by atoms with van der Waals surface area (Å²) in [7, 11) is 1.74. The molecule has 0 saturated heterocycles. The fourth-order valence-electron chi connectivity index (χ4n) is 2.82. The average molecular weight is 248 g/mol. The zero-order valence-electron chi connectivity index (χ0n) is 11.6. The van der Waals surface area contributed by atoms with Crippen LogP contribution in [0.25, 0.3) is 0 Å². The summed E-state index contributed by atoms with van der Waals surface area (Å²) in [6.07, 6.45) is 3.87. The molecule has 0 heterocycles. The van der Waals surface area contributed by atoms with Crippen molar-refractivity contribution in [2.75, 3.05) is 7.11 Å². The summed E-state index contributed by atoms with van der Waals surface area (Å²) in [5.74, 6) is 2.09. The van der Waals surface area contributed by atoms with E-state index in [2.05, 4.69) is 32.0 Å². The Labute approximate surface area is 110 Å². The van der Waals surface area contributed by atoms with Crippen molar-refractivity contribution in [3.05, 3.63) is 29.3 Å². The van der Waals surface area contributed by atoms with Gasteiger partial charge in [0.2, 0.25) is 0 Å². The normalized spacial score (nSPS) is 24.3. The third-order valence-electron chi connectivity index (χ3n) is 4.06. The van der Waals surface area contributed by atoms with Crippen LogP contribution in [0.15, 0.2) is 18.2 Å². The highest BCUT2D eigenvalue weighted by molar-refractivity contribution is 5.41. The van der Waals surface area contributed by atoms with Crippen LogP contribution >= 0.6 is 0 Å². The highest BCUT2D eigenvalue weighted by atomic mass is 16.5. The summed E-state index contributed by atoms with van der Waals surface area (Å²) in [4.78, 5) is 0. The molecule has 0 unspecified atom stereocenters. The van der Waals surface area contributed by atoms with Crippen LogP contribution in [0.1, 0.15) is 62.5 Å². The van der Waals surface area contributed by atoms with Crippen molar-refractivity contribution in [2.24, 2.45) is 0 Å². The molecule has 1 N–H and O–H groups in total. The van der Waals surface area contributed by atoms with Gasteiger partial charge in [-0.3, -0.25) is 0 Å². The molecular formula is C16H24O2. The van der Waals surface area contributed by atoms with Gasteiger partial charge < -0.3 is 9.84 Å². The Morgan fingerprint density at radius 3 is 2.39 bits per heavy atom. The van der Waals surface area contributed by atoms with Gasteiger partial charge in [-0.25, -0.2) is 0 Å². The Kier molecular flexibility index (Phi) is 4.28. The van der Waals surface area contributed by atoms with Crippen molar-refractivity contribution in [3.63, 3.8) is 0 Å². The molecule has 0 spiro atoms. The van der Waals surface area contributed by atoms with E-state index in [1.807, 2.05) is 0 Å². The summed E-state index contributed by atoms with van der Waals surface area (Å²) < 4.78 is 5.50. The highest BCUT2D eigenvalue weighted by Crippen LogP contribution is 2.38. The number of hydrogen-bond donors (Lipinski definition) is 1. The lowest BCUT2D eigenvalue weighted by Gasteiger charge is -2.27. The maximum absolute atomic E-state index is 9.61. The van der Waals surface area contributed by atoms with Gasteiger partial charge in [-0.1, -0.05) is 26.0 Å². The second-order valence-corrected chi connectivity index (χ2v) is 5.66. The van der Waals surface area contributed by atoms with Crippen LogP contribution in [0, 0.1) is 0 Å². The SMILES string of the molecule is COc1ccc(C(C)C)cc1C1CCC(O)CC1. The van der Waals surface area contributed by atoms with Gasteiger partial charge in [-0.2, -0.15) is 0 Å². The van der Waals surface area contributed by atoms with Crippen molar-refractivity contribution in [1.29, 1.82) is 0 Å². The van der Waals surface area contributed by atoms with Crippen molar-refractivity contribution in [3.8, 4) is 5.75 Å². The van der Waals surface area contributed by atoms with Crippen LogP contribution in [0.5, 0.6) is 5.75 Å². The largest absolute Gasteiger partial charge is 0.496 e. The summed E-state index contributed by atoms with van der Waals surface area (Å²) >= 11 is 0. The van der Waals surface area contributed by atoms with E-state index < -0.39 is 0 Å². The molecule has 0 radical (unpaired) electrons. The van der Waals surface area contributed by atoms with Crippen molar-refractivity contribution < 1.29 is 9.84 Å². The molecule has 1 aliphatic rings. The zero-order valence-corrected chi connectivity index (χ0v) is 11.6. The first-order valence-corrected chi connectivity index (χ1v) is 6.97. The monoisotopic (exact) mass is 248 g/mol. The smallest absolute Gasteiger partial charge is 0.122 e. The van der Waals surface area contributed by atoms with E-state index in [9.17, 15) is 5.11 Å². The van der Waals surface area contributed by atoms with Crippen LogP contribution in [0.3, 0.4) is 0 Å². The maximum Gasteiger partial charge on any atom is 0.122 e. The molecule has 2 rings (SSSR count). The van der Waals surface area contributed by atoms with Gasteiger partial charge in [0, 0.05) is 0 Å². The summed E-state index contributed by atoms with van der Waals surface area (Å²) in [6, 6.07) is 6.55. The minimum Gasteiger partial charge on any atom is -0.496 e. The molecule has 1 aliphatic carbocycles. The first-order chi connectivity index (χ1) is 8.61. The number of aliphatic hydroxyl groups excluding tert-OH is 1. The minimum atomic E-state index is -0.0967. The highest BCUT2D eigenvalue weighted by Gasteiger charge is 2.23. The predicted octanol–water partition coefficient (Wildman–Crippen LogP) is 3.84. The van der Waals surface area contributed by atoms with Crippen LogP contribution in [-0.4, -0.2) is 18.3 Å². The van der Waals surface area contributed by atoms with Gasteiger partial charge in [0.05, 0.1) is 13.2 Å². The number of ether oxygens (including phenoxy) is 1.